The number of hydrogen-bond acceptors (Lipinski definition) is 3. The number of rotatable bonds is 6. The Labute approximate surface area is 110 Å². The highest BCUT2D eigenvalue weighted by molar-refractivity contribution is 5.96. The molecule has 0 heterocycles. The Hall–Kier alpha value is -2.37. The standard InChI is InChI=1S/C13H16N2O4/c1-9-3-2-4-10(7-9)13(19)15-8-11(16)14-6-5-12(17)18/h2-4,7H,5-6,8H2,1H3,(H,14,16)(H,15,19)(H,17,18). The van der Waals surface area contributed by atoms with Gasteiger partial charge in [-0.3, -0.25) is 14.4 Å². The summed E-state index contributed by atoms with van der Waals surface area (Å²) >= 11 is 0. The van der Waals surface area contributed by atoms with E-state index < -0.39 is 11.9 Å². The molecule has 6 heteroatoms. The fraction of sp³-hybridized carbons (Fsp3) is 0.308. The topological polar surface area (TPSA) is 95.5 Å². The molecule has 0 aliphatic heterocycles. The summed E-state index contributed by atoms with van der Waals surface area (Å²) in [6.07, 6.45) is -0.141. The van der Waals surface area contributed by atoms with E-state index in [0.717, 1.165) is 5.56 Å². The van der Waals surface area contributed by atoms with Crippen LogP contribution >= 0.6 is 0 Å². The second-order valence-corrected chi connectivity index (χ2v) is 4.05. The minimum atomic E-state index is -0.982. The lowest BCUT2D eigenvalue weighted by Gasteiger charge is -2.06. The van der Waals surface area contributed by atoms with E-state index in [2.05, 4.69) is 10.6 Å². The molecule has 102 valence electrons. The number of carboxylic acids is 1. The van der Waals surface area contributed by atoms with E-state index in [0.29, 0.717) is 5.56 Å². The third-order valence-electron chi connectivity index (χ3n) is 2.35. The molecule has 1 rings (SSSR count). The van der Waals surface area contributed by atoms with Gasteiger partial charge in [0.05, 0.1) is 13.0 Å². The van der Waals surface area contributed by atoms with Gasteiger partial charge >= 0.3 is 5.97 Å². The van der Waals surface area contributed by atoms with E-state index in [9.17, 15) is 14.4 Å². The van der Waals surface area contributed by atoms with Crippen LogP contribution in [0.25, 0.3) is 0 Å². The van der Waals surface area contributed by atoms with Crippen LogP contribution < -0.4 is 10.6 Å². The summed E-state index contributed by atoms with van der Waals surface area (Å²) in [5.74, 6) is -1.73. The molecule has 19 heavy (non-hydrogen) atoms. The summed E-state index contributed by atoms with van der Waals surface area (Å²) in [5, 5.41) is 13.3. The number of aliphatic carboxylic acids is 1. The van der Waals surface area contributed by atoms with Crippen LogP contribution in [0.15, 0.2) is 24.3 Å². The van der Waals surface area contributed by atoms with E-state index in [1.54, 1.807) is 18.2 Å². The summed E-state index contributed by atoms with van der Waals surface area (Å²) in [5.41, 5.74) is 1.44. The molecule has 0 spiro atoms. The van der Waals surface area contributed by atoms with Gasteiger partial charge in [-0.15, -0.1) is 0 Å². The molecule has 0 aromatic heterocycles. The first-order valence-electron chi connectivity index (χ1n) is 5.82. The number of amides is 2. The van der Waals surface area contributed by atoms with Crippen LogP contribution in [0.1, 0.15) is 22.3 Å². The van der Waals surface area contributed by atoms with E-state index in [-0.39, 0.29) is 25.4 Å². The average molecular weight is 264 g/mol. The first-order chi connectivity index (χ1) is 8.99. The van der Waals surface area contributed by atoms with Gasteiger partial charge in [0.2, 0.25) is 5.91 Å². The Balaban J connectivity index is 2.34. The highest BCUT2D eigenvalue weighted by Crippen LogP contribution is 2.03. The molecule has 0 atom stereocenters. The first kappa shape index (κ1) is 14.7. The molecule has 6 nitrogen and oxygen atoms in total. The predicted molar refractivity (Wildman–Crippen MR) is 68.8 cm³/mol. The van der Waals surface area contributed by atoms with Crippen molar-refractivity contribution < 1.29 is 19.5 Å². The second kappa shape index (κ2) is 7.15. The molecular formula is C13H16N2O4. The maximum absolute atomic E-state index is 11.7. The number of aryl methyl sites for hydroxylation is 1. The Morgan fingerprint density at radius 3 is 2.58 bits per heavy atom. The van der Waals surface area contributed by atoms with Gasteiger partial charge in [-0.1, -0.05) is 17.7 Å². The molecular weight excluding hydrogens is 248 g/mol. The largest absolute Gasteiger partial charge is 0.481 e. The van der Waals surface area contributed by atoms with Gasteiger partial charge in [0, 0.05) is 12.1 Å². The van der Waals surface area contributed by atoms with Crippen LogP contribution in [0, 0.1) is 6.92 Å². The molecule has 0 radical (unpaired) electrons. The minimum absolute atomic E-state index is 0.0501. The Kier molecular flexibility index (Phi) is 5.53. The van der Waals surface area contributed by atoms with Crippen LogP contribution in [-0.2, 0) is 9.59 Å². The van der Waals surface area contributed by atoms with Crippen molar-refractivity contribution in [3.05, 3.63) is 35.4 Å². The molecule has 0 fully saturated rings. The zero-order valence-electron chi connectivity index (χ0n) is 10.6. The van der Waals surface area contributed by atoms with Gasteiger partial charge in [-0.05, 0) is 19.1 Å². The number of hydrogen-bond donors (Lipinski definition) is 3. The quantitative estimate of drug-likeness (QED) is 0.689. The van der Waals surface area contributed by atoms with Crippen LogP contribution in [-0.4, -0.2) is 36.0 Å². The van der Waals surface area contributed by atoms with Crippen LogP contribution in [0.4, 0.5) is 0 Å². The summed E-state index contributed by atoms with van der Waals surface area (Å²) < 4.78 is 0. The third-order valence-corrected chi connectivity index (χ3v) is 2.35. The van der Waals surface area contributed by atoms with E-state index in [4.69, 9.17) is 5.11 Å². The van der Waals surface area contributed by atoms with E-state index >= 15 is 0 Å². The van der Waals surface area contributed by atoms with Crippen LogP contribution in [0.5, 0.6) is 0 Å². The normalized spacial score (nSPS) is 9.74. The highest BCUT2D eigenvalue weighted by Gasteiger charge is 2.08. The Morgan fingerprint density at radius 1 is 1.21 bits per heavy atom. The molecule has 0 aliphatic carbocycles. The van der Waals surface area contributed by atoms with Gasteiger partial charge < -0.3 is 15.7 Å². The van der Waals surface area contributed by atoms with Crippen molar-refractivity contribution in [2.45, 2.75) is 13.3 Å². The number of benzene rings is 1. The maximum Gasteiger partial charge on any atom is 0.305 e. The second-order valence-electron chi connectivity index (χ2n) is 4.05. The van der Waals surface area contributed by atoms with Crippen molar-refractivity contribution in [3.63, 3.8) is 0 Å². The van der Waals surface area contributed by atoms with Crippen molar-refractivity contribution in [1.82, 2.24) is 10.6 Å². The lowest BCUT2D eigenvalue weighted by Crippen LogP contribution is -2.37. The molecule has 0 saturated carbocycles. The third kappa shape index (κ3) is 5.67. The van der Waals surface area contributed by atoms with Gasteiger partial charge in [0.25, 0.3) is 5.91 Å². The highest BCUT2D eigenvalue weighted by atomic mass is 16.4. The van der Waals surface area contributed by atoms with Crippen molar-refractivity contribution in [3.8, 4) is 0 Å². The Morgan fingerprint density at radius 2 is 1.95 bits per heavy atom. The van der Waals surface area contributed by atoms with Gasteiger partial charge in [0.1, 0.15) is 0 Å². The van der Waals surface area contributed by atoms with Crippen molar-refractivity contribution >= 4 is 17.8 Å². The van der Waals surface area contributed by atoms with Crippen molar-refractivity contribution in [2.75, 3.05) is 13.1 Å². The number of nitrogens with one attached hydrogen (secondary N) is 2. The van der Waals surface area contributed by atoms with Gasteiger partial charge in [-0.25, -0.2) is 0 Å². The summed E-state index contributed by atoms with van der Waals surface area (Å²) in [6, 6.07) is 7.01. The molecule has 3 N–H and O–H groups in total. The number of carboxylic acid groups (broad SMARTS) is 1. The van der Waals surface area contributed by atoms with Crippen LogP contribution in [0.2, 0.25) is 0 Å². The fourth-order valence-corrected chi connectivity index (χ4v) is 1.42. The number of carbonyl (C=O) groups excluding carboxylic acids is 2. The zero-order valence-corrected chi connectivity index (χ0v) is 10.6. The summed E-state index contributed by atoms with van der Waals surface area (Å²) in [6.45, 7) is 1.75. The van der Waals surface area contributed by atoms with E-state index in [1.165, 1.54) is 0 Å². The fourth-order valence-electron chi connectivity index (χ4n) is 1.42. The lowest BCUT2D eigenvalue weighted by atomic mass is 10.1. The average Bonchev–Trinajstić information content (AvgIpc) is 2.35. The SMILES string of the molecule is Cc1cccc(C(=O)NCC(=O)NCCC(=O)O)c1. The Bertz CT molecular complexity index is 485. The molecule has 2 amide bonds. The minimum Gasteiger partial charge on any atom is -0.481 e. The van der Waals surface area contributed by atoms with Crippen molar-refractivity contribution in [2.24, 2.45) is 0 Å². The monoisotopic (exact) mass is 264 g/mol. The van der Waals surface area contributed by atoms with E-state index in [1.807, 2.05) is 13.0 Å². The summed E-state index contributed by atoms with van der Waals surface area (Å²) in [7, 11) is 0. The van der Waals surface area contributed by atoms with Gasteiger partial charge in [-0.2, -0.15) is 0 Å². The zero-order chi connectivity index (χ0) is 14.3. The molecule has 0 unspecified atom stereocenters. The van der Waals surface area contributed by atoms with Crippen LogP contribution in [0.3, 0.4) is 0 Å². The van der Waals surface area contributed by atoms with Crippen molar-refractivity contribution in [1.29, 1.82) is 0 Å². The lowest BCUT2D eigenvalue weighted by molar-refractivity contribution is -0.136. The first-order valence-corrected chi connectivity index (χ1v) is 5.82. The summed E-state index contributed by atoms with van der Waals surface area (Å²) in [4.78, 5) is 33.2. The number of carbonyl (C=O) groups is 3. The smallest absolute Gasteiger partial charge is 0.305 e. The van der Waals surface area contributed by atoms with Gasteiger partial charge in [0.15, 0.2) is 0 Å². The molecule has 1 aromatic rings. The molecule has 1 aromatic carbocycles. The molecule has 0 aliphatic rings. The maximum atomic E-state index is 11.7. The predicted octanol–water partition coefficient (Wildman–Crippen LogP) is 0.316. The molecule has 0 saturated heterocycles. The molecule has 0 bridgehead atoms.